The van der Waals surface area contributed by atoms with Crippen molar-refractivity contribution in [2.75, 3.05) is 11.9 Å². The van der Waals surface area contributed by atoms with Gasteiger partial charge in [0, 0.05) is 6.54 Å². The highest BCUT2D eigenvalue weighted by Crippen LogP contribution is 2.48. The molecular formula is C8H12BrN3S. The van der Waals surface area contributed by atoms with Crippen LogP contribution in [0.25, 0.3) is 0 Å². The summed E-state index contributed by atoms with van der Waals surface area (Å²) in [5.41, 5.74) is 0.568. The molecule has 1 saturated carbocycles. The smallest absolute Gasteiger partial charge is 0.206 e. The predicted molar refractivity (Wildman–Crippen MR) is 58.1 cm³/mol. The van der Waals surface area contributed by atoms with Crippen LogP contribution in [0.4, 0.5) is 5.13 Å². The van der Waals surface area contributed by atoms with Gasteiger partial charge in [-0.25, -0.2) is 0 Å². The van der Waals surface area contributed by atoms with Crippen LogP contribution in [0.1, 0.15) is 26.2 Å². The molecule has 13 heavy (non-hydrogen) atoms. The van der Waals surface area contributed by atoms with E-state index in [1.165, 1.54) is 19.3 Å². The maximum Gasteiger partial charge on any atom is 0.206 e. The molecule has 72 valence electrons. The summed E-state index contributed by atoms with van der Waals surface area (Å²) in [6.45, 7) is 3.30. The number of nitrogens with zero attached hydrogens (tertiary/aromatic N) is 2. The van der Waals surface area contributed by atoms with Gasteiger partial charge in [0.1, 0.15) is 0 Å². The third kappa shape index (κ3) is 2.20. The van der Waals surface area contributed by atoms with E-state index in [1.54, 1.807) is 11.3 Å². The van der Waals surface area contributed by atoms with Gasteiger partial charge in [-0.2, -0.15) is 0 Å². The summed E-state index contributed by atoms with van der Waals surface area (Å²) in [6.07, 6.45) is 3.98. The minimum atomic E-state index is 0.568. The standard InChI is InChI=1S/C8H12BrN3S/c1-2-8(3-4-8)5-10-7-12-11-6(9)13-7/h2-5H2,1H3,(H,10,12). The van der Waals surface area contributed by atoms with Gasteiger partial charge >= 0.3 is 0 Å². The second-order valence-electron chi connectivity index (χ2n) is 3.57. The van der Waals surface area contributed by atoms with Crippen LogP contribution in [0.3, 0.4) is 0 Å². The molecule has 1 N–H and O–H groups in total. The van der Waals surface area contributed by atoms with Gasteiger partial charge in [-0.15, -0.1) is 10.2 Å². The Hall–Kier alpha value is -0.160. The van der Waals surface area contributed by atoms with E-state index >= 15 is 0 Å². The predicted octanol–water partition coefficient (Wildman–Crippen LogP) is 2.90. The van der Waals surface area contributed by atoms with E-state index in [2.05, 4.69) is 38.4 Å². The highest BCUT2D eigenvalue weighted by atomic mass is 79.9. The monoisotopic (exact) mass is 261 g/mol. The lowest BCUT2D eigenvalue weighted by Crippen LogP contribution is -2.14. The number of rotatable bonds is 4. The van der Waals surface area contributed by atoms with Gasteiger partial charge in [-0.1, -0.05) is 18.3 Å². The molecule has 0 atom stereocenters. The van der Waals surface area contributed by atoms with Gasteiger partial charge in [-0.3, -0.25) is 0 Å². The molecular weight excluding hydrogens is 250 g/mol. The average molecular weight is 262 g/mol. The number of hydrogen-bond donors (Lipinski definition) is 1. The Morgan fingerprint density at radius 2 is 2.31 bits per heavy atom. The number of anilines is 1. The molecule has 5 heteroatoms. The maximum atomic E-state index is 3.99. The lowest BCUT2D eigenvalue weighted by Gasteiger charge is -2.11. The SMILES string of the molecule is CCC1(CNc2nnc(Br)s2)CC1. The van der Waals surface area contributed by atoms with Crippen molar-refractivity contribution in [3.05, 3.63) is 3.92 Å². The average Bonchev–Trinajstić information content (AvgIpc) is 2.81. The maximum absolute atomic E-state index is 3.99. The Balaban J connectivity index is 1.86. The molecule has 0 amide bonds. The first kappa shape index (κ1) is 9.40. The Morgan fingerprint density at radius 1 is 1.54 bits per heavy atom. The van der Waals surface area contributed by atoms with E-state index in [9.17, 15) is 0 Å². The molecule has 0 unspecified atom stereocenters. The minimum Gasteiger partial charge on any atom is -0.360 e. The van der Waals surface area contributed by atoms with Crippen molar-refractivity contribution in [1.82, 2.24) is 10.2 Å². The van der Waals surface area contributed by atoms with E-state index in [-0.39, 0.29) is 0 Å². The number of nitrogens with one attached hydrogen (secondary N) is 1. The van der Waals surface area contributed by atoms with Crippen LogP contribution in [0.15, 0.2) is 3.92 Å². The molecule has 3 nitrogen and oxygen atoms in total. The van der Waals surface area contributed by atoms with Crippen molar-refractivity contribution in [3.63, 3.8) is 0 Å². The Kier molecular flexibility index (Phi) is 2.55. The zero-order valence-electron chi connectivity index (χ0n) is 7.51. The van der Waals surface area contributed by atoms with E-state index in [1.807, 2.05) is 0 Å². The minimum absolute atomic E-state index is 0.568. The van der Waals surface area contributed by atoms with Crippen molar-refractivity contribution in [3.8, 4) is 0 Å². The second-order valence-corrected chi connectivity index (χ2v) is 5.82. The van der Waals surface area contributed by atoms with E-state index in [0.29, 0.717) is 5.41 Å². The Labute approximate surface area is 90.1 Å². The van der Waals surface area contributed by atoms with Gasteiger partial charge in [-0.05, 0) is 40.6 Å². The van der Waals surface area contributed by atoms with Crippen molar-refractivity contribution in [2.45, 2.75) is 26.2 Å². The van der Waals surface area contributed by atoms with Gasteiger partial charge in [0.25, 0.3) is 0 Å². The van der Waals surface area contributed by atoms with Crippen molar-refractivity contribution in [2.24, 2.45) is 5.41 Å². The molecule has 1 aliphatic rings. The van der Waals surface area contributed by atoms with Gasteiger partial charge in [0.15, 0.2) is 3.92 Å². The van der Waals surface area contributed by atoms with Gasteiger partial charge in [0.2, 0.25) is 5.13 Å². The molecule has 0 aromatic carbocycles. The normalized spacial score (nSPS) is 18.6. The quantitative estimate of drug-likeness (QED) is 0.906. The zero-order valence-corrected chi connectivity index (χ0v) is 9.91. The first-order valence-corrected chi connectivity index (χ1v) is 6.08. The number of hydrogen-bond acceptors (Lipinski definition) is 4. The van der Waals surface area contributed by atoms with Crippen molar-refractivity contribution < 1.29 is 0 Å². The first-order valence-electron chi connectivity index (χ1n) is 4.47. The number of halogens is 1. The zero-order chi connectivity index (χ0) is 9.31. The van der Waals surface area contributed by atoms with Crippen LogP contribution >= 0.6 is 27.3 Å². The fourth-order valence-corrected chi connectivity index (χ4v) is 2.38. The molecule has 0 spiro atoms. The van der Waals surface area contributed by atoms with Gasteiger partial charge in [0.05, 0.1) is 0 Å². The Morgan fingerprint density at radius 3 is 2.77 bits per heavy atom. The fourth-order valence-electron chi connectivity index (χ4n) is 1.37. The summed E-state index contributed by atoms with van der Waals surface area (Å²) in [5, 5.41) is 12.1. The molecule has 1 aromatic heterocycles. The fraction of sp³-hybridized carbons (Fsp3) is 0.750. The lowest BCUT2D eigenvalue weighted by molar-refractivity contribution is 0.521. The molecule has 1 fully saturated rings. The molecule has 1 aliphatic carbocycles. The second kappa shape index (κ2) is 3.53. The van der Waals surface area contributed by atoms with Crippen LogP contribution in [-0.2, 0) is 0 Å². The largest absolute Gasteiger partial charge is 0.360 e. The summed E-state index contributed by atoms with van der Waals surface area (Å²) in [5.74, 6) is 0. The van der Waals surface area contributed by atoms with Gasteiger partial charge < -0.3 is 5.32 Å². The molecule has 2 rings (SSSR count). The molecule has 1 aromatic rings. The summed E-state index contributed by atoms with van der Waals surface area (Å²) >= 11 is 4.84. The summed E-state index contributed by atoms with van der Waals surface area (Å²) < 4.78 is 0.844. The highest BCUT2D eigenvalue weighted by Gasteiger charge is 2.40. The third-order valence-electron chi connectivity index (χ3n) is 2.72. The van der Waals surface area contributed by atoms with Crippen LogP contribution < -0.4 is 5.32 Å². The van der Waals surface area contributed by atoms with Crippen molar-refractivity contribution in [1.29, 1.82) is 0 Å². The van der Waals surface area contributed by atoms with E-state index < -0.39 is 0 Å². The molecule has 0 radical (unpaired) electrons. The number of aromatic nitrogens is 2. The topological polar surface area (TPSA) is 37.8 Å². The third-order valence-corrected chi connectivity index (χ3v) is 4.04. The van der Waals surface area contributed by atoms with E-state index in [4.69, 9.17) is 0 Å². The molecule has 0 aliphatic heterocycles. The molecule has 1 heterocycles. The Bertz CT molecular complexity index is 295. The highest BCUT2D eigenvalue weighted by molar-refractivity contribution is 9.11. The summed E-state index contributed by atoms with van der Waals surface area (Å²) in [4.78, 5) is 0. The van der Waals surface area contributed by atoms with E-state index in [0.717, 1.165) is 15.6 Å². The van der Waals surface area contributed by atoms with Crippen LogP contribution in [0.5, 0.6) is 0 Å². The van der Waals surface area contributed by atoms with Crippen LogP contribution in [-0.4, -0.2) is 16.7 Å². The summed E-state index contributed by atoms with van der Waals surface area (Å²) in [7, 11) is 0. The van der Waals surface area contributed by atoms with Crippen LogP contribution in [0, 0.1) is 5.41 Å². The van der Waals surface area contributed by atoms with Crippen LogP contribution in [0.2, 0.25) is 0 Å². The first-order chi connectivity index (χ1) is 6.24. The lowest BCUT2D eigenvalue weighted by atomic mass is 10.0. The molecule has 0 saturated heterocycles. The molecule has 0 bridgehead atoms. The summed E-state index contributed by atoms with van der Waals surface area (Å²) in [6, 6.07) is 0. The van der Waals surface area contributed by atoms with Crippen molar-refractivity contribution >= 4 is 32.4 Å².